The van der Waals surface area contributed by atoms with Crippen LogP contribution in [0.3, 0.4) is 0 Å². The average Bonchev–Trinajstić information content (AvgIpc) is 2.66. The van der Waals surface area contributed by atoms with Gasteiger partial charge in [0, 0.05) is 17.5 Å². The zero-order valence-corrected chi connectivity index (χ0v) is 17.1. The molecule has 0 spiro atoms. The van der Waals surface area contributed by atoms with E-state index in [2.05, 4.69) is 5.32 Å². The van der Waals surface area contributed by atoms with Gasteiger partial charge >= 0.3 is 5.97 Å². The van der Waals surface area contributed by atoms with E-state index in [-0.39, 0.29) is 27.7 Å². The van der Waals surface area contributed by atoms with Gasteiger partial charge in [0.05, 0.1) is 21.2 Å². The lowest BCUT2D eigenvalue weighted by molar-refractivity contribution is -0.384. The van der Waals surface area contributed by atoms with Crippen molar-refractivity contribution < 1.29 is 29.2 Å². The minimum Gasteiger partial charge on any atom is -0.478 e. The van der Waals surface area contributed by atoms with Crippen molar-refractivity contribution in [2.24, 2.45) is 5.41 Å². The maximum absolute atomic E-state index is 12.8. The quantitative estimate of drug-likeness (QED) is 0.382. The number of Topliss-reactive ketones (excluding diaryl/α,β-unsaturated/α-hetero) is 1. The number of nitro benzene ring substituents is 1. The number of hydrogen-bond donors (Lipinski definition) is 2. The van der Waals surface area contributed by atoms with Gasteiger partial charge in [-0.3, -0.25) is 19.7 Å². The van der Waals surface area contributed by atoms with Gasteiger partial charge in [0.1, 0.15) is 5.75 Å². The van der Waals surface area contributed by atoms with Crippen LogP contribution in [-0.4, -0.2) is 33.8 Å². The summed E-state index contributed by atoms with van der Waals surface area (Å²) in [6.45, 7) is 4.81. The highest BCUT2D eigenvalue weighted by molar-refractivity contribution is 6.34. The third-order valence-corrected chi connectivity index (χ3v) is 4.32. The molecule has 0 fully saturated rings. The second-order valence-corrected chi connectivity index (χ2v) is 7.76. The number of amides is 1. The number of carboxylic acids is 1. The summed E-state index contributed by atoms with van der Waals surface area (Å²) < 4.78 is 5.56. The molecule has 0 saturated carbocycles. The topological polar surface area (TPSA) is 136 Å². The van der Waals surface area contributed by atoms with Crippen molar-refractivity contribution in [3.8, 4) is 5.75 Å². The molecule has 10 heteroatoms. The van der Waals surface area contributed by atoms with E-state index in [4.69, 9.17) is 21.4 Å². The number of hydrogen-bond acceptors (Lipinski definition) is 6. The van der Waals surface area contributed by atoms with E-state index < -0.39 is 34.1 Å². The van der Waals surface area contributed by atoms with Crippen LogP contribution < -0.4 is 10.1 Å². The van der Waals surface area contributed by atoms with Crippen LogP contribution in [-0.2, 0) is 9.59 Å². The zero-order chi connectivity index (χ0) is 22.6. The first-order chi connectivity index (χ1) is 13.9. The normalized spacial score (nSPS) is 12.0. The first kappa shape index (κ1) is 22.8. The zero-order valence-electron chi connectivity index (χ0n) is 16.3. The maximum atomic E-state index is 12.8. The molecule has 0 saturated heterocycles. The molecule has 0 aliphatic heterocycles. The monoisotopic (exact) mass is 434 g/mol. The molecule has 9 nitrogen and oxygen atoms in total. The number of anilines is 1. The molecule has 30 heavy (non-hydrogen) atoms. The third-order valence-electron chi connectivity index (χ3n) is 3.99. The van der Waals surface area contributed by atoms with Gasteiger partial charge in [-0.25, -0.2) is 4.79 Å². The van der Waals surface area contributed by atoms with Crippen LogP contribution in [0, 0.1) is 15.5 Å². The number of benzene rings is 2. The molecule has 1 amide bonds. The highest BCUT2D eigenvalue weighted by Gasteiger charge is 2.37. The fourth-order valence-corrected chi connectivity index (χ4v) is 2.52. The molecule has 0 aromatic heterocycles. The Kier molecular flexibility index (Phi) is 6.78. The number of halogens is 1. The molecule has 1 atom stereocenters. The number of carbonyl (C=O) groups is 3. The molecule has 2 aromatic carbocycles. The van der Waals surface area contributed by atoms with Crippen molar-refractivity contribution in [3.05, 3.63) is 63.2 Å². The summed E-state index contributed by atoms with van der Waals surface area (Å²) in [5.74, 6) is -2.46. The smallest absolute Gasteiger partial charge is 0.335 e. The summed E-state index contributed by atoms with van der Waals surface area (Å²) >= 11 is 6.01. The van der Waals surface area contributed by atoms with Crippen molar-refractivity contribution in [2.45, 2.75) is 26.9 Å². The Morgan fingerprint density at radius 1 is 1.13 bits per heavy atom. The van der Waals surface area contributed by atoms with E-state index in [9.17, 15) is 24.5 Å². The number of nitrogens with one attached hydrogen (secondary N) is 1. The third kappa shape index (κ3) is 5.54. The summed E-state index contributed by atoms with van der Waals surface area (Å²) in [5, 5.41) is 22.4. The standard InChI is InChI=1S/C20H19ClN2O7/c1-20(2,3)17(24)16(30-13-7-4-11(5-8-13)19(26)27)18(25)22-15-10-12(23(28)29)6-9-14(15)21/h4-10,16H,1-3H3,(H,22,25)(H,26,27)/t16-/m0/s1. The lowest BCUT2D eigenvalue weighted by Crippen LogP contribution is -2.45. The largest absolute Gasteiger partial charge is 0.478 e. The Morgan fingerprint density at radius 3 is 2.23 bits per heavy atom. The predicted molar refractivity (Wildman–Crippen MR) is 109 cm³/mol. The second-order valence-electron chi connectivity index (χ2n) is 7.35. The molecular formula is C20H19ClN2O7. The van der Waals surface area contributed by atoms with E-state index in [0.29, 0.717) is 0 Å². The number of ketones is 1. The van der Waals surface area contributed by atoms with E-state index in [1.807, 2.05) is 0 Å². The van der Waals surface area contributed by atoms with Crippen LogP contribution in [0.15, 0.2) is 42.5 Å². The molecule has 0 aliphatic carbocycles. The SMILES string of the molecule is CC(C)(C)C(=O)[C@H](Oc1ccc(C(=O)O)cc1)C(=O)Nc1cc([N+](=O)[O-])ccc1Cl. The van der Waals surface area contributed by atoms with E-state index >= 15 is 0 Å². The number of ether oxygens (including phenoxy) is 1. The van der Waals surface area contributed by atoms with Gasteiger partial charge in [-0.1, -0.05) is 32.4 Å². The Hall–Kier alpha value is -3.46. The number of non-ortho nitro benzene ring substituents is 1. The lowest BCUT2D eigenvalue weighted by atomic mass is 9.87. The summed E-state index contributed by atoms with van der Waals surface area (Å²) in [6.07, 6.45) is -1.60. The number of aromatic carboxylic acids is 1. The molecule has 0 radical (unpaired) electrons. The first-order valence-electron chi connectivity index (χ1n) is 8.69. The minimum atomic E-state index is -1.60. The van der Waals surface area contributed by atoms with Gasteiger partial charge in [0.2, 0.25) is 6.10 Å². The van der Waals surface area contributed by atoms with Crippen molar-refractivity contribution in [1.29, 1.82) is 0 Å². The molecule has 2 aromatic rings. The summed E-state index contributed by atoms with van der Waals surface area (Å²) in [6, 6.07) is 8.68. The highest BCUT2D eigenvalue weighted by Crippen LogP contribution is 2.28. The molecular weight excluding hydrogens is 416 g/mol. The van der Waals surface area contributed by atoms with Gasteiger partial charge in [-0.05, 0) is 30.3 Å². The van der Waals surface area contributed by atoms with Gasteiger partial charge < -0.3 is 15.2 Å². The molecule has 158 valence electrons. The van der Waals surface area contributed by atoms with Gasteiger partial charge in [-0.15, -0.1) is 0 Å². The van der Waals surface area contributed by atoms with Crippen LogP contribution in [0.2, 0.25) is 5.02 Å². The fourth-order valence-electron chi connectivity index (χ4n) is 2.35. The molecule has 2 rings (SSSR count). The summed E-state index contributed by atoms with van der Waals surface area (Å²) in [5.41, 5.74) is -1.28. The molecule has 0 bridgehead atoms. The molecule has 0 heterocycles. The number of nitro groups is 1. The Bertz CT molecular complexity index is 997. The van der Waals surface area contributed by atoms with E-state index in [1.165, 1.54) is 36.4 Å². The fraction of sp³-hybridized carbons (Fsp3) is 0.250. The lowest BCUT2D eigenvalue weighted by Gasteiger charge is -2.25. The van der Waals surface area contributed by atoms with Crippen LogP contribution in [0.25, 0.3) is 0 Å². The summed E-state index contributed by atoms with van der Waals surface area (Å²) in [4.78, 5) is 46.9. The van der Waals surface area contributed by atoms with Crippen molar-refractivity contribution in [1.82, 2.24) is 0 Å². The van der Waals surface area contributed by atoms with Gasteiger partial charge in [0.25, 0.3) is 11.6 Å². The Morgan fingerprint density at radius 2 is 1.73 bits per heavy atom. The molecule has 0 unspecified atom stereocenters. The number of carbonyl (C=O) groups excluding carboxylic acids is 2. The Balaban J connectivity index is 2.34. The van der Waals surface area contributed by atoms with Crippen molar-refractivity contribution in [3.63, 3.8) is 0 Å². The van der Waals surface area contributed by atoms with Crippen molar-refractivity contribution in [2.75, 3.05) is 5.32 Å². The number of carboxylic acid groups (broad SMARTS) is 1. The van der Waals surface area contributed by atoms with Crippen LogP contribution in [0.1, 0.15) is 31.1 Å². The predicted octanol–water partition coefficient (Wildman–Crippen LogP) is 3.95. The molecule has 2 N–H and O–H groups in total. The minimum absolute atomic E-state index is 0.00822. The highest BCUT2D eigenvalue weighted by atomic mass is 35.5. The first-order valence-corrected chi connectivity index (χ1v) is 9.07. The molecule has 0 aliphatic rings. The average molecular weight is 435 g/mol. The van der Waals surface area contributed by atoms with Crippen LogP contribution >= 0.6 is 11.6 Å². The van der Waals surface area contributed by atoms with E-state index in [0.717, 1.165) is 6.07 Å². The number of rotatable bonds is 7. The maximum Gasteiger partial charge on any atom is 0.335 e. The van der Waals surface area contributed by atoms with Gasteiger partial charge in [0.15, 0.2) is 5.78 Å². The van der Waals surface area contributed by atoms with Crippen LogP contribution in [0.4, 0.5) is 11.4 Å². The summed E-state index contributed by atoms with van der Waals surface area (Å²) in [7, 11) is 0. The van der Waals surface area contributed by atoms with E-state index in [1.54, 1.807) is 20.8 Å². The Labute approximate surface area is 176 Å². The van der Waals surface area contributed by atoms with Crippen LogP contribution in [0.5, 0.6) is 5.75 Å². The van der Waals surface area contributed by atoms with Crippen molar-refractivity contribution >= 4 is 40.6 Å². The second kappa shape index (κ2) is 8.91. The number of nitrogens with zero attached hydrogens (tertiary/aromatic N) is 1. The van der Waals surface area contributed by atoms with Gasteiger partial charge in [-0.2, -0.15) is 0 Å².